The van der Waals surface area contributed by atoms with Crippen LogP contribution in [0.3, 0.4) is 0 Å². The zero-order valence-corrected chi connectivity index (χ0v) is 17.4. The summed E-state index contributed by atoms with van der Waals surface area (Å²) in [5, 5.41) is 2.84. The third-order valence-electron chi connectivity index (χ3n) is 4.65. The molecular formula is C21H26N2O5S. The van der Waals surface area contributed by atoms with Crippen LogP contribution in [0.1, 0.15) is 18.9 Å². The second kappa shape index (κ2) is 9.17. The van der Waals surface area contributed by atoms with Gasteiger partial charge in [-0.05, 0) is 37.5 Å². The Balaban J connectivity index is 1.66. The van der Waals surface area contributed by atoms with Crippen LogP contribution < -0.4 is 19.1 Å². The lowest BCUT2D eigenvalue weighted by Crippen LogP contribution is -2.48. The third kappa shape index (κ3) is 5.41. The highest BCUT2D eigenvalue weighted by Crippen LogP contribution is 2.35. The molecule has 0 aromatic heterocycles. The highest BCUT2D eigenvalue weighted by molar-refractivity contribution is 7.92. The zero-order chi connectivity index (χ0) is 20.9. The number of rotatable bonds is 8. The molecule has 29 heavy (non-hydrogen) atoms. The summed E-state index contributed by atoms with van der Waals surface area (Å²) >= 11 is 0. The van der Waals surface area contributed by atoms with E-state index < -0.39 is 16.1 Å². The molecule has 0 saturated heterocycles. The minimum Gasteiger partial charge on any atom is -0.486 e. The van der Waals surface area contributed by atoms with Gasteiger partial charge in [-0.2, -0.15) is 0 Å². The van der Waals surface area contributed by atoms with Gasteiger partial charge in [0.1, 0.15) is 19.3 Å². The molecule has 1 amide bonds. The number of aryl methyl sites for hydroxylation is 1. The molecule has 1 aliphatic rings. The first-order valence-electron chi connectivity index (χ1n) is 9.57. The number of sulfonamides is 1. The lowest BCUT2D eigenvalue weighted by Gasteiger charge is -2.29. The molecule has 0 radical (unpaired) electrons. The SMILES string of the molecule is CC(C(=O)NCCCc1ccccc1)N(c1ccc2c(c1)OCCO2)S(C)(=O)=O. The number of carbonyl (C=O) groups is 1. The summed E-state index contributed by atoms with van der Waals surface area (Å²) in [6.45, 7) is 2.89. The third-order valence-corrected chi connectivity index (χ3v) is 5.89. The van der Waals surface area contributed by atoms with Crippen LogP contribution >= 0.6 is 0 Å². The molecule has 0 bridgehead atoms. The van der Waals surface area contributed by atoms with Crippen LogP contribution in [0.5, 0.6) is 11.5 Å². The van der Waals surface area contributed by atoms with E-state index in [2.05, 4.69) is 5.32 Å². The lowest BCUT2D eigenvalue weighted by atomic mass is 10.1. The molecule has 0 saturated carbocycles. The van der Waals surface area contributed by atoms with Crippen molar-refractivity contribution in [1.82, 2.24) is 5.32 Å². The molecule has 1 aliphatic heterocycles. The Labute approximate surface area is 171 Å². The van der Waals surface area contributed by atoms with Gasteiger partial charge in [-0.15, -0.1) is 0 Å². The molecule has 0 fully saturated rings. The van der Waals surface area contributed by atoms with Gasteiger partial charge in [-0.3, -0.25) is 9.10 Å². The maximum absolute atomic E-state index is 12.6. The van der Waals surface area contributed by atoms with Crippen LogP contribution in [-0.4, -0.2) is 46.4 Å². The fraction of sp³-hybridized carbons (Fsp3) is 0.381. The topological polar surface area (TPSA) is 84.9 Å². The Morgan fingerprint density at radius 1 is 1.10 bits per heavy atom. The summed E-state index contributed by atoms with van der Waals surface area (Å²) in [4.78, 5) is 12.6. The average Bonchev–Trinajstić information content (AvgIpc) is 2.70. The molecule has 2 aromatic rings. The van der Waals surface area contributed by atoms with E-state index in [4.69, 9.17) is 9.47 Å². The summed E-state index contributed by atoms with van der Waals surface area (Å²) in [6, 6.07) is 14.0. The van der Waals surface area contributed by atoms with Crippen molar-refractivity contribution in [2.45, 2.75) is 25.8 Å². The van der Waals surface area contributed by atoms with E-state index in [0.717, 1.165) is 23.4 Å². The largest absolute Gasteiger partial charge is 0.486 e. The lowest BCUT2D eigenvalue weighted by molar-refractivity contribution is -0.121. The first kappa shape index (κ1) is 21.0. The summed E-state index contributed by atoms with van der Waals surface area (Å²) in [6.07, 6.45) is 2.70. The Morgan fingerprint density at radius 3 is 2.48 bits per heavy atom. The highest BCUT2D eigenvalue weighted by Gasteiger charge is 2.30. The molecule has 1 atom stereocenters. The van der Waals surface area contributed by atoms with Crippen molar-refractivity contribution < 1.29 is 22.7 Å². The van der Waals surface area contributed by atoms with Gasteiger partial charge in [-0.25, -0.2) is 8.42 Å². The van der Waals surface area contributed by atoms with Crippen LogP contribution in [0.25, 0.3) is 0 Å². The Hall–Kier alpha value is -2.74. The number of benzene rings is 2. The van der Waals surface area contributed by atoms with Crippen molar-refractivity contribution in [2.75, 3.05) is 30.3 Å². The van der Waals surface area contributed by atoms with Gasteiger partial charge < -0.3 is 14.8 Å². The molecule has 3 rings (SSSR count). The summed E-state index contributed by atoms with van der Waals surface area (Å²) in [7, 11) is -3.69. The first-order valence-corrected chi connectivity index (χ1v) is 11.4. The number of hydrogen-bond acceptors (Lipinski definition) is 5. The number of amides is 1. The van der Waals surface area contributed by atoms with Crippen LogP contribution in [0.2, 0.25) is 0 Å². The maximum Gasteiger partial charge on any atom is 0.243 e. The number of nitrogens with one attached hydrogen (secondary N) is 1. The molecule has 0 aliphatic carbocycles. The molecular weight excluding hydrogens is 392 g/mol. The Morgan fingerprint density at radius 2 is 1.79 bits per heavy atom. The molecule has 1 unspecified atom stereocenters. The van der Waals surface area contributed by atoms with Crippen molar-refractivity contribution >= 4 is 21.6 Å². The first-order chi connectivity index (χ1) is 13.9. The quantitative estimate of drug-likeness (QED) is 0.666. The predicted molar refractivity (Wildman–Crippen MR) is 112 cm³/mol. The van der Waals surface area contributed by atoms with E-state index >= 15 is 0 Å². The molecule has 1 N–H and O–H groups in total. The normalized spacial score (nSPS) is 14.1. The minimum absolute atomic E-state index is 0.349. The Kier molecular flexibility index (Phi) is 6.64. The number of ether oxygens (including phenoxy) is 2. The van der Waals surface area contributed by atoms with Crippen LogP contribution in [-0.2, 0) is 21.2 Å². The predicted octanol–water partition coefficient (Wildman–Crippen LogP) is 2.36. The van der Waals surface area contributed by atoms with E-state index in [0.29, 0.717) is 36.9 Å². The second-order valence-electron chi connectivity index (χ2n) is 6.94. The number of nitrogens with zero attached hydrogens (tertiary/aromatic N) is 1. The molecule has 2 aromatic carbocycles. The summed E-state index contributed by atoms with van der Waals surface area (Å²) in [5.41, 5.74) is 1.56. The van der Waals surface area contributed by atoms with Crippen LogP contribution in [0, 0.1) is 0 Å². The van der Waals surface area contributed by atoms with Crippen molar-refractivity contribution in [2.24, 2.45) is 0 Å². The zero-order valence-electron chi connectivity index (χ0n) is 16.6. The monoisotopic (exact) mass is 418 g/mol. The number of hydrogen-bond donors (Lipinski definition) is 1. The van der Waals surface area contributed by atoms with Crippen LogP contribution in [0.4, 0.5) is 5.69 Å². The highest BCUT2D eigenvalue weighted by atomic mass is 32.2. The number of anilines is 1. The van der Waals surface area contributed by atoms with Gasteiger partial charge in [0.25, 0.3) is 0 Å². The molecule has 7 nitrogen and oxygen atoms in total. The smallest absolute Gasteiger partial charge is 0.243 e. The van der Waals surface area contributed by atoms with Gasteiger partial charge in [0, 0.05) is 12.6 Å². The van der Waals surface area contributed by atoms with E-state index in [1.165, 1.54) is 5.56 Å². The maximum atomic E-state index is 12.6. The Bertz CT molecular complexity index is 947. The van der Waals surface area contributed by atoms with Gasteiger partial charge in [0.2, 0.25) is 15.9 Å². The molecule has 156 valence electrons. The standard InChI is InChI=1S/C21H26N2O5S/c1-16(21(24)22-12-6-9-17-7-4-3-5-8-17)23(29(2,25)26)18-10-11-19-20(15-18)28-14-13-27-19/h3-5,7-8,10-11,15-16H,6,9,12-14H2,1-2H3,(H,22,24). The van der Waals surface area contributed by atoms with Gasteiger partial charge in [0.15, 0.2) is 11.5 Å². The van der Waals surface area contributed by atoms with Crippen molar-refractivity contribution in [3.05, 3.63) is 54.1 Å². The van der Waals surface area contributed by atoms with Gasteiger partial charge in [0.05, 0.1) is 11.9 Å². The minimum atomic E-state index is -3.69. The average molecular weight is 419 g/mol. The van der Waals surface area contributed by atoms with E-state index in [1.54, 1.807) is 25.1 Å². The van der Waals surface area contributed by atoms with Crippen molar-refractivity contribution in [3.63, 3.8) is 0 Å². The molecule has 8 heteroatoms. The summed E-state index contributed by atoms with van der Waals surface area (Å²) in [5.74, 6) is 0.683. The van der Waals surface area contributed by atoms with E-state index in [-0.39, 0.29) is 5.91 Å². The van der Waals surface area contributed by atoms with E-state index in [1.807, 2.05) is 30.3 Å². The number of fused-ring (bicyclic) bond motifs is 1. The molecule has 0 spiro atoms. The van der Waals surface area contributed by atoms with Crippen molar-refractivity contribution in [3.8, 4) is 11.5 Å². The van der Waals surface area contributed by atoms with Crippen molar-refractivity contribution in [1.29, 1.82) is 0 Å². The van der Waals surface area contributed by atoms with Gasteiger partial charge in [-0.1, -0.05) is 30.3 Å². The summed E-state index contributed by atoms with van der Waals surface area (Å²) < 4.78 is 37.0. The van der Waals surface area contributed by atoms with Gasteiger partial charge >= 0.3 is 0 Å². The fourth-order valence-corrected chi connectivity index (χ4v) is 4.44. The fourth-order valence-electron chi connectivity index (χ4n) is 3.27. The van der Waals surface area contributed by atoms with E-state index in [9.17, 15) is 13.2 Å². The van der Waals surface area contributed by atoms with Crippen LogP contribution in [0.15, 0.2) is 48.5 Å². The number of carbonyl (C=O) groups excluding carboxylic acids is 1. The molecule has 1 heterocycles. The second-order valence-corrected chi connectivity index (χ2v) is 8.80.